The van der Waals surface area contributed by atoms with Gasteiger partial charge in [-0.2, -0.15) is 8.42 Å². The van der Waals surface area contributed by atoms with E-state index in [1.54, 1.807) is 5.38 Å². The highest BCUT2D eigenvalue weighted by atomic mass is 32.2. The summed E-state index contributed by atoms with van der Waals surface area (Å²) in [6, 6.07) is 11.8. The summed E-state index contributed by atoms with van der Waals surface area (Å²) in [6.45, 7) is 0. The number of carbonyl (C=O) groups is 1. The third kappa shape index (κ3) is 2.90. The zero-order chi connectivity index (χ0) is 20.1. The molecular weight excluding hydrogens is 403 g/mol. The molecule has 2 aromatic carbocycles. The summed E-state index contributed by atoms with van der Waals surface area (Å²) in [6.07, 6.45) is 0. The van der Waals surface area contributed by atoms with E-state index in [2.05, 4.69) is 10.3 Å². The van der Waals surface area contributed by atoms with E-state index >= 15 is 0 Å². The topological polar surface area (TPSA) is 82.6 Å². The van der Waals surface area contributed by atoms with Gasteiger partial charge in [0.25, 0.3) is 5.91 Å². The Balaban J connectivity index is 1.62. The Morgan fingerprint density at radius 2 is 1.75 bits per heavy atom. The lowest BCUT2D eigenvalue weighted by Gasteiger charge is -2.13. The quantitative estimate of drug-likeness (QED) is 0.707. The van der Waals surface area contributed by atoms with E-state index in [4.69, 9.17) is 0 Å². The van der Waals surface area contributed by atoms with Crippen LogP contribution in [0.5, 0.6) is 0 Å². The first-order valence-corrected chi connectivity index (χ1v) is 10.5. The molecule has 1 aliphatic rings. The first kappa shape index (κ1) is 18.4. The molecule has 1 aliphatic heterocycles. The van der Waals surface area contributed by atoms with E-state index in [0.29, 0.717) is 5.01 Å². The van der Waals surface area contributed by atoms with Gasteiger partial charge in [0, 0.05) is 31.1 Å². The Labute approximate surface area is 165 Å². The lowest BCUT2D eigenvalue weighted by Crippen LogP contribution is -2.32. The molecule has 28 heavy (non-hydrogen) atoms. The minimum Gasteiger partial charge on any atom is -0.318 e. The van der Waals surface area contributed by atoms with Crippen molar-refractivity contribution in [1.82, 2.24) is 4.98 Å². The van der Waals surface area contributed by atoms with Crippen molar-refractivity contribution in [3.63, 3.8) is 0 Å². The largest absolute Gasteiger partial charge is 0.326 e. The molecule has 1 N–H and O–H groups in total. The monoisotopic (exact) mass is 418 g/mol. The summed E-state index contributed by atoms with van der Waals surface area (Å²) < 4.78 is 40.9. The van der Waals surface area contributed by atoms with Crippen molar-refractivity contribution in [2.24, 2.45) is 0 Å². The molecule has 0 atom stereocenters. The van der Waals surface area contributed by atoms with Crippen LogP contribution in [0.15, 0.2) is 47.8 Å². The van der Waals surface area contributed by atoms with Crippen LogP contribution in [-0.2, 0) is 10.2 Å². The maximum atomic E-state index is 14.5. The molecule has 10 heteroatoms. The van der Waals surface area contributed by atoms with Gasteiger partial charge in [0.15, 0.2) is 0 Å². The standard InChI is InChI=1S/C18H15FN4O3S2/c1-22-15-8-12(19)13(9-16(15)23(2)28(22,25)26)20-17(24)14-10-27-18(21-14)11-6-4-3-5-7-11/h3-10H,1-2H3,(H,20,24). The summed E-state index contributed by atoms with van der Waals surface area (Å²) in [5.41, 5.74) is 1.41. The fraction of sp³-hybridized carbons (Fsp3) is 0.111. The minimum absolute atomic E-state index is 0.115. The summed E-state index contributed by atoms with van der Waals surface area (Å²) in [5, 5.41) is 4.74. The number of hydrogen-bond donors (Lipinski definition) is 1. The van der Waals surface area contributed by atoms with E-state index in [1.807, 2.05) is 30.3 Å². The molecule has 0 saturated heterocycles. The summed E-state index contributed by atoms with van der Waals surface area (Å²) in [4.78, 5) is 16.8. The van der Waals surface area contributed by atoms with Crippen LogP contribution in [0, 0.1) is 5.82 Å². The molecule has 0 unspecified atom stereocenters. The highest BCUT2D eigenvalue weighted by Gasteiger charge is 2.36. The molecule has 4 rings (SSSR count). The molecule has 0 saturated carbocycles. The second kappa shape index (κ2) is 6.57. The fourth-order valence-corrected chi connectivity index (χ4v) is 4.82. The second-order valence-electron chi connectivity index (χ2n) is 6.12. The summed E-state index contributed by atoms with van der Waals surface area (Å²) >= 11 is 1.31. The molecule has 1 aromatic heterocycles. The van der Waals surface area contributed by atoms with E-state index in [0.717, 1.165) is 20.2 Å². The molecule has 2 heterocycles. The molecule has 0 spiro atoms. The molecule has 144 valence electrons. The van der Waals surface area contributed by atoms with E-state index < -0.39 is 21.9 Å². The number of benzene rings is 2. The number of halogens is 1. The van der Waals surface area contributed by atoms with Gasteiger partial charge in [0.1, 0.15) is 16.5 Å². The van der Waals surface area contributed by atoms with Crippen molar-refractivity contribution in [2.75, 3.05) is 28.0 Å². The van der Waals surface area contributed by atoms with Crippen molar-refractivity contribution in [3.05, 3.63) is 59.4 Å². The van der Waals surface area contributed by atoms with Gasteiger partial charge in [-0.15, -0.1) is 11.3 Å². The number of thiazole rings is 1. The average molecular weight is 418 g/mol. The normalized spacial score (nSPS) is 14.8. The highest BCUT2D eigenvalue weighted by Crippen LogP contribution is 2.41. The predicted molar refractivity (Wildman–Crippen MR) is 108 cm³/mol. The van der Waals surface area contributed by atoms with Gasteiger partial charge < -0.3 is 5.32 Å². The SMILES string of the molecule is CN1c2cc(F)c(NC(=O)c3csc(-c4ccccc4)n3)cc2N(C)S1(=O)=O. The zero-order valence-corrected chi connectivity index (χ0v) is 16.5. The first-order chi connectivity index (χ1) is 13.3. The smallest absolute Gasteiger partial charge is 0.318 e. The van der Waals surface area contributed by atoms with Crippen LogP contribution in [0.4, 0.5) is 21.5 Å². The van der Waals surface area contributed by atoms with Gasteiger partial charge >= 0.3 is 10.2 Å². The number of nitrogens with zero attached hydrogens (tertiary/aromatic N) is 3. The number of rotatable bonds is 3. The average Bonchev–Trinajstić information content (AvgIpc) is 3.24. The molecule has 0 fully saturated rings. The van der Waals surface area contributed by atoms with Gasteiger partial charge in [-0.1, -0.05) is 30.3 Å². The maximum Gasteiger partial charge on any atom is 0.326 e. The molecular formula is C18H15FN4O3S2. The van der Waals surface area contributed by atoms with Gasteiger partial charge in [0.2, 0.25) is 0 Å². The van der Waals surface area contributed by atoms with Gasteiger partial charge in [-0.3, -0.25) is 13.4 Å². The van der Waals surface area contributed by atoms with E-state index in [1.165, 1.54) is 31.5 Å². The Hall–Kier alpha value is -2.98. The first-order valence-electron chi connectivity index (χ1n) is 8.17. The van der Waals surface area contributed by atoms with Crippen molar-refractivity contribution < 1.29 is 17.6 Å². The summed E-state index contributed by atoms with van der Waals surface area (Å²) in [7, 11) is -1.02. The Kier molecular flexibility index (Phi) is 4.31. The van der Waals surface area contributed by atoms with Crippen LogP contribution < -0.4 is 13.9 Å². The third-order valence-corrected chi connectivity index (χ3v) is 7.11. The van der Waals surface area contributed by atoms with Gasteiger partial charge in [0.05, 0.1) is 17.1 Å². The Morgan fingerprint density at radius 3 is 2.43 bits per heavy atom. The molecule has 3 aromatic rings. The van der Waals surface area contributed by atoms with Crippen LogP contribution in [-0.4, -0.2) is 33.4 Å². The number of fused-ring (bicyclic) bond motifs is 1. The second-order valence-corrected chi connectivity index (χ2v) is 8.97. The predicted octanol–water partition coefficient (Wildman–Crippen LogP) is 3.33. The third-order valence-electron chi connectivity index (χ3n) is 4.44. The Bertz CT molecular complexity index is 1180. The molecule has 1 amide bonds. The molecule has 0 aliphatic carbocycles. The van der Waals surface area contributed by atoms with Crippen LogP contribution in [0.25, 0.3) is 10.6 Å². The Morgan fingerprint density at radius 1 is 1.11 bits per heavy atom. The van der Waals surface area contributed by atoms with Crippen molar-refractivity contribution >= 4 is 44.5 Å². The maximum absolute atomic E-state index is 14.5. The van der Waals surface area contributed by atoms with Crippen LogP contribution >= 0.6 is 11.3 Å². The fourth-order valence-electron chi connectivity index (χ4n) is 2.86. The number of carbonyl (C=O) groups excluding carboxylic acids is 1. The lowest BCUT2D eigenvalue weighted by molar-refractivity contribution is 0.102. The number of nitrogens with one attached hydrogen (secondary N) is 1. The van der Waals surface area contributed by atoms with Crippen LogP contribution in [0.1, 0.15) is 10.5 Å². The van der Waals surface area contributed by atoms with Gasteiger partial charge in [-0.25, -0.2) is 9.37 Å². The van der Waals surface area contributed by atoms with E-state index in [-0.39, 0.29) is 22.8 Å². The van der Waals surface area contributed by atoms with E-state index in [9.17, 15) is 17.6 Å². The van der Waals surface area contributed by atoms with Gasteiger partial charge in [-0.05, 0) is 6.07 Å². The number of amides is 1. The number of aromatic nitrogens is 1. The van der Waals surface area contributed by atoms with Crippen molar-refractivity contribution in [1.29, 1.82) is 0 Å². The minimum atomic E-state index is -3.73. The molecule has 0 radical (unpaired) electrons. The number of hydrogen-bond acceptors (Lipinski definition) is 5. The molecule has 7 nitrogen and oxygen atoms in total. The van der Waals surface area contributed by atoms with Crippen LogP contribution in [0.3, 0.4) is 0 Å². The molecule has 0 bridgehead atoms. The zero-order valence-electron chi connectivity index (χ0n) is 14.9. The highest BCUT2D eigenvalue weighted by molar-refractivity contribution is 7.94. The lowest BCUT2D eigenvalue weighted by atomic mass is 10.2. The van der Waals surface area contributed by atoms with Crippen molar-refractivity contribution in [2.45, 2.75) is 0 Å². The number of anilines is 3. The van der Waals surface area contributed by atoms with Crippen LogP contribution in [0.2, 0.25) is 0 Å². The van der Waals surface area contributed by atoms with Crippen molar-refractivity contribution in [3.8, 4) is 10.6 Å². The summed E-state index contributed by atoms with van der Waals surface area (Å²) in [5.74, 6) is -1.31.